The fraction of sp³-hybridized carbons (Fsp3) is 0.533. The van der Waals surface area contributed by atoms with E-state index in [1.54, 1.807) is 12.1 Å². The minimum Gasteiger partial charge on any atom is -0.507 e. The van der Waals surface area contributed by atoms with E-state index in [9.17, 15) is 14.7 Å². The number of hydrogen-bond donors (Lipinski definition) is 4. The van der Waals surface area contributed by atoms with Crippen molar-refractivity contribution in [2.45, 2.75) is 97.9 Å². The molecule has 0 heterocycles. The van der Waals surface area contributed by atoms with Gasteiger partial charge in [-0.1, -0.05) is 92.3 Å². The number of aromatic hydroxyl groups is 1. The van der Waals surface area contributed by atoms with Gasteiger partial charge in [0.1, 0.15) is 5.75 Å². The number of hydrogen-bond acceptors (Lipinski definition) is 3. The van der Waals surface area contributed by atoms with Crippen molar-refractivity contribution < 1.29 is 14.7 Å². The van der Waals surface area contributed by atoms with Crippen LogP contribution in [0.2, 0.25) is 0 Å². The number of anilines is 1. The average Bonchev–Trinajstić information content (AvgIpc) is 2.79. The minimum absolute atomic E-state index is 0.225. The normalized spacial score (nSPS) is 11.8. The van der Waals surface area contributed by atoms with E-state index in [0.717, 1.165) is 29.5 Å². The van der Waals surface area contributed by atoms with Crippen LogP contribution in [0.1, 0.15) is 108 Å². The van der Waals surface area contributed by atoms with Crippen molar-refractivity contribution >= 4 is 17.6 Å². The SMILES string of the molecule is CCCCCCCNC(=O)Nc1ccccc1CNC(=O)c1cc(C(C)(C)C)c(O)c(C(C)(C)C)c1. The van der Waals surface area contributed by atoms with Crippen LogP contribution >= 0.6 is 0 Å². The Kier molecular flexibility index (Phi) is 10.4. The molecule has 198 valence electrons. The van der Waals surface area contributed by atoms with Gasteiger partial charge in [0.05, 0.1) is 0 Å². The van der Waals surface area contributed by atoms with Gasteiger partial charge in [0.2, 0.25) is 0 Å². The Hall–Kier alpha value is -3.02. The Morgan fingerprint density at radius 1 is 0.833 bits per heavy atom. The molecule has 36 heavy (non-hydrogen) atoms. The first kappa shape index (κ1) is 29.2. The molecule has 0 aliphatic rings. The van der Waals surface area contributed by atoms with Gasteiger partial charge in [-0.05, 0) is 41.0 Å². The number of urea groups is 1. The molecule has 0 aliphatic carbocycles. The molecule has 0 radical (unpaired) electrons. The Balaban J connectivity index is 2.10. The summed E-state index contributed by atoms with van der Waals surface area (Å²) in [5.74, 6) is 0.0230. The third-order valence-corrected chi connectivity index (χ3v) is 6.26. The van der Waals surface area contributed by atoms with Crippen LogP contribution in [0.25, 0.3) is 0 Å². The Morgan fingerprint density at radius 2 is 1.42 bits per heavy atom. The number of benzene rings is 2. The largest absolute Gasteiger partial charge is 0.507 e. The highest BCUT2D eigenvalue weighted by molar-refractivity contribution is 5.95. The summed E-state index contributed by atoms with van der Waals surface area (Å²) in [4.78, 5) is 25.6. The lowest BCUT2D eigenvalue weighted by molar-refractivity contribution is 0.0950. The number of amides is 3. The molecule has 0 aliphatic heterocycles. The van der Waals surface area contributed by atoms with Gasteiger partial charge < -0.3 is 21.1 Å². The molecule has 0 spiro atoms. The second kappa shape index (κ2) is 12.8. The number of carbonyl (C=O) groups is 2. The summed E-state index contributed by atoms with van der Waals surface area (Å²) in [6.07, 6.45) is 5.69. The van der Waals surface area contributed by atoms with Crippen LogP contribution in [0.3, 0.4) is 0 Å². The second-order valence-corrected chi connectivity index (χ2v) is 11.6. The quantitative estimate of drug-likeness (QED) is 0.267. The fourth-order valence-corrected chi connectivity index (χ4v) is 4.08. The smallest absolute Gasteiger partial charge is 0.319 e. The van der Waals surface area contributed by atoms with Crippen molar-refractivity contribution in [2.24, 2.45) is 0 Å². The van der Waals surface area contributed by atoms with Gasteiger partial charge in [0.15, 0.2) is 0 Å². The zero-order chi connectivity index (χ0) is 26.9. The summed E-state index contributed by atoms with van der Waals surface area (Å²) >= 11 is 0. The van der Waals surface area contributed by atoms with Crippen LogP contribution in [0.5, 0.6) is 5.75 Å². The van der Waals surface area contributed by atoms with Gasteiger partial charge in [0, 0.05) is 35.5 Å². The van der Waals surface area contributed by atoms with E-state index in [2.05, 4.69) is 22.9 Å². The third kappa shape index (κ3) is 8.58. The predicted octanol–water partition coefficient (Wildman–Crippen LogP) is 7.01. The summed E-state index contributed by atoms with van der Waals surface area (Å²) < 4.78 is 0. The number of para-hydroxylation sites is 1. The molecule has 4 N–H and O–H groups in total. The first-order valence-corrected chi connectivity index (χ1v) is 13.1. The van der Waals surface area contributed by atoms with Crippen molar-refractivity contribution in [3.8, 4) is 5.75 Å². The maximum absolute atomic E-state index is 13.2. The Labute approximate surface area is 217 Å². The molecular formula is C30H45N3O3. The minimum atomic E-state index is -0.319. The molecule has 0 bridgehead atoms. The van der Waals surface area contributed by atoms with E-state index in [4.69, 9.17) is 0 Å². The van der Waals surface area contributed by atoms with Gasteiger partial charge in [-0.25, -0.2) is 4.79 Å². The van der Waals surface area contributed by atoms with Crippen LogP contribution in [0.4, 0.5) is 10.5 Å². The van der Waals surface area contributed by atoms with Crippen molar-refractivity contribution in [1.29, 1.82) is 0 Å². The maximum atomic E-state index is 13.2. The summed E-state index contributed by atoms with van der Waals surface area (Å²) in [6.45, 7) is 15.2. The zero-order valence-electron chi connectivity index (χ0n) is 23.2. The van der Waals surface area contributed by atoms with Gasteiger partial charge in [-0.2, -0.15) is 0 Å². The lowest BCUT2D eigenvalue weighted by Gasteiger charge is -2.28. The fourth-order valence-electron chi connectivity index (χ4n) is 4.08. The molecule has 0 aromatic heterocycles. The molecule has 0 atom stereocenters. The molecule has 6 nitrogen and oxygen atoms in total. The molecule has 0 fully saturated rings. The standard InChI is InChI=1S/C30H45N3O3/c1-8-9-10-11-14-17-31-28(36)33-25-16-13-12-15-21(25)20-32-27(35)22-18-23(29(2,3)4)26(34)24(19-22)30(5,6)7/h12-13,15-16,18-19,34H,8-11,14,17,20H2,1-7H3,(H,32,35)(H2,31,33,36). The van der Waals surface area contributed by atoms with Gasteiger partial charge in [-0.3, -0.25) is 4.79 Å². The van der Waals surface area contributed by atoms with Crippen LogP contribution in [-0.2, 0) is 17.4 Å². The van der Waals surface area contributed by atoms with Gasteiger partial charge in [-0.15, -0.1) is 0 Å². The number of rotatable bonds is 10. The van der Waals surface area contributed by atoms with Gasteiger partial charge >= 0.3 is 6.03 Å². The second-order valence-electron chi connectivity index (χ2n) is 11.6. The summed E-state index contributed by atoms with van der Waals surface area (Å²) in [5.41, 5.74) is 2.84. The van der Waals surface area contributed by atoms with Crippen molar-refractivity contribution in [3.63, 3.8) is 0 Å². The van der Waals surface area contributed by atoms with E-state index in [-0.39, 0.29) is 35.1 Å². The molecule has 0 saturated carbocycles. The molecular weight excluding hydrogens is 450 g/mol. The van der Waals surface area contributed by atoms with E-state index in [1.165, 1.54) is 19.3 Å². The van der Waals surface area contributed by atoms with Crippen LogP contribution in [0, 0.1) is 0 Å². The number of nitrogens with one attached hydrogen (secondary N) is 3. The molecule has 2 aromatic rings. The molecule has 0 saturated heterocycles. The monoisotopic (exact) mass is 495 g/mol. The lowest BCUT2D eigenvalue weighted by Crippen LogP contribution is -2.30. The van der Waals surface area contributed by atoms with Crippen molar-refractivity contribution in [3.05, 3.63) is 58.7 Å². The van der Waals surface area contributed by atoms with E-state index < -0.39 is 0 Å². The summed E-state index contributed by atoms with van der Waals surface area (Å²) in [5, 5.41) is 19.7. The van der Waals surface area contributed by atoms with Gasteiger partial charge in [0.25, 0.3) is 5.91 Å². The number of carbonyl (C=O) groups excluding carboxylic acids is 2. The van der Waals surface area contributed by atoms with Crippen LogP contribution in [0.15, 0.2) is 36.4 Å². The predicted molar refractivity (Wildman–Crippen MR) is 149 cm³/mol. The highest BCUT2D eigenvalue weighted by Crippen LogP contribution is 2.39. The number of phenolic OH excluding ortho intramolecular Hbond substituents is 1. The summed E-state index contributed by atoms with van der Waals surface area (Å²) in [6, 6.07) is 10.8. The molecule has 2 aromatic carbocycles. The van der Waals surface area contributed by atoms with E-state index in [1.807, 2.05) is 65.8 Å². The Bertz CT molecular complexity index is 997. The molecule has 2 rings (SSSR count). The van der Waals surface area contributed by atoms with Crippen LogP contribution in [-0.4, -0.2) is 23.6 Å². The zero-order valence-corrected chi connectivity index (χ0v) is 23.2. The van der Waals surface area contributed by atoms with Crippen LogP contribution < -0.4 is 16.0 Å². The number of unbranched alkanes of at least 4 members (excludes halogenated alkanes) is 4. The Morgan fingerprint density at radius 3 is 2.00 bits per heavy atom. The molecule has 6 heteroatoms. The summed E-state index contributed by atoms with van der Waals surface area (Å²) in [7, 11) is 0. The third-order valence-electron chi connectivity index (χ3n) is 6.26. The first-order chi connectivity index (χ1) is 16.8. The van der Waals surface area contributed by atoms with Crippen molar-refractivity contribution in [2.75, 3.05) is 11.9 Å². The van der Waals surface area contributed by atoms with E-state index in [0.29, 0.717) is 17.8 Å². The van der Waals surface area contributed by atoms with E-state index >= 15 is 0 Å². The molecule has 0 unspecified atom stereocenters. The maximum Gasteiger partial charge on any atom is 0.319 e. The first-order valence-electron chi connectivity index (χ1n) is 13.1. The lowest BCUT2D eigenvalue weighted by atomic mass is 9.78. The number of phenols is 1. The average molecular weight is 496 g/mol. The topological polar surface area (TPSA) is 90.5 Å². The highest BCUT2D eigenvalue weighted by Gasteiger charge is 2.27. The van der Waals surface area contributed by atoms with Crippen molar-refractivity contribution in [1.82, 2.24) is 10.6 Å². The molecule has 3 amide bonds. The highest BCUT2D eigenvalue weighted by atomic mass is 16.3.